The number of para-hydroxylation sites is 1. The molecule has 0 N–H and O–H groups in total. The molecule has 0 unspecified atom stereocenters. The second kappa shape index (κ2) is 5.61. The Balaban J connectivity index is 1.95. The molecule has 0 saturated carbocycles. The van der Waals surface area contributed by atoms with Crippen molar-refractivity contribution < 1.29 is 4.79 Å². The molecule has 0 radical (unpaired) electrons. The normalized spacial score (nSPS) is 16.2. The van der Waals surface area contributed by atoms with Gasteiger partial charge in [0.25, 0.3) is 5.91 Å². The molecule has 2 heterocycles. The fraction of sp³-hybridized carbons (Fsp3) is 0.188. The quantitative estimate of drug-likeness (QED) is 0.633. The zero-order valence-corrected chi connectivity index (χ0v) is 12.7. The molecule has 2 aromatic rings. The van der Waals surface area contributed by atoms with Crippen LogP contribution in [-0.4, -0.2) is 24.4 Å². The number of hydrogen-bond acceptors (Lipinski definition) is 4. The van der Waals surface area contributed by atoms with Gasteiger partial charge in [0, 0.05) is 12.1 Å². The molecule has 1 amide bonds. The highest BCUT2D eigenvalue weighted by molar-refractivity contribution is 7.11. The summed E-state index contributed by atoms with van der Waals surface area (Å²) in [4.78, 5) is 15.2. The van der Waals surface area contributed by atoms with Crippen LogP contribution in [0.15, 0.2) is 45.9 Å². The zero-order chi connectivity index (χ0) is 14.8. The highest BCUT2D eigenvalue weighted by Crippen LogP contribution is 2.28. The minimum atomic E-state index is -0.0845. The largest absolute Gasteiger partial charge is 0.307 e. The van der Waals surface area contributed by atoms with Gasteiger partial charge < -0.3 is 4.90 Å². The van der Waals surface area contributed by atoms with Crippen LogP contribution in [0.5, 0.6) is 0 Å². The molecule has 4 nitrogen and oxygen atoms in total. The molecule has 1 aliphatic rings. The number of likely N-dealkylation sites (N-methyl/N-ethyl adjacent to an activating group) is 1. The lowest BCUT2D eigenvalue weighted by Gasteiger charge is -2.12. The van der Waals surface area contributed by atoms with E-state index in [1.807, 2.05) is 49.6 Å². The number of anilines is 1. The van der Waals surface area contributed by atoms with E-state index in [1.165, 1.54) is 0 Å². The first-order chi connectivity index (χ1) is 10.2. The zero-order valence-electron chi connectivity index (χ0n) is 11.9. The van der Waals surface area contributed by atoms with Crippen LogP contribution in [0.4, 0.5) is 5.69 Å². The van der Waals surface area contributed by atoms with Gasteiger partial charge >= 0.3 is 0 Å². The molecule has 1 aliphatic heterocycles. The fourth-order valence-electron chi connectivity index (χ4n) is 2.33. The highest BCUT2D eigenvalue weighted by atomic mass is 32.1. The maximum Gasteiger partial charge on any atom is 0.279 e. The van der Waals surface area contributed by atoms with Gasteiger partial charge in [-0.05, 0) is 36.9 Å². The van der Waals surface area contributed by atoms with Gasteiger partial charge in [0.1, 0.15) is 0 Å². The average molecular weight is 297 g/mol. The van der Waals surface area contributed by atoms with Crippen LogP contribution in [0, 0.1) is 6.92 Å². The summed E-state index contributed by atoms with van der Waals surface area (Å²) < 4.78 is 0. The van der Waals surface area contributed by atoms with Gasteiger partial charge in [-0.25, -0.2) is 0 Å². The van der Waals surface area contributed by atoms with Gasteiger partial charge in [-0.15, -0.1) is 16.4 Å². The lowest BCUT2D eigenvalue weighted by atomic mass is 10.1. The van der Waals surface area contributed by atoms with Crippen LogP contribution in [0.1, 0.15) is 22.9 Å². The first kappa shape index (κ1) is 13.7. The van der Waals surface area contributed by atoms with Crippen molar-refractivity contribution in [3.8, 4) is 0 Å². The Kier molecular flexibility index (Phi) is 3.66. The molecule has 1 aromatic carbocycles. The molecule has 0 bridgehead atoms. The van der Waals surface area contributed by atoms with E-state index in [1.54, 1.807) is 22.5 Å². The highest BCUT2D eigenvalue weighted by Gasteiger charge is 2.32. The molecule has 3 rings (SSSR count). The SMILES string of the molecule is CCN1C(=O)/C(=N/N=C\c2sccc2C)c2ccccc21. The van der Waals surface area contributed by atoms with Crippen molar-refractivity contribution in [2.45, 2.75) is 13.8 Å². The molecule has 0 saturated heterocycles. The molecule has 0 fully saturated rings. The monoisotopic (exact) mass is 297 g/mol. The number of carbonyl (C=O) groups is 1. The third-order valence-electron chi connectivity index (χ3n) is 3.45. The van der Waals surface area contributed by atoms with Crippen LogP contribution in [0.2, 0.25) is 0 Å². The van der Waals surface area contributed by atoms with Crippen molar-refractivity contribution in [1.82, 2.24) is 0 Å². The van der Waals surface area contributed by atoms with E-state index in [2.05, 4.69) is 10.2 Å². The maximum absolute atomic E-state index is 12.4. The Bertz CT molecular complexity index is 745. The minimum Gasteiger partial charge on any atom is -0.307 e. The smallest absolute Gasteiger partial charge is 0.279 e. The van der Waals surface area contributed by atoms with E-state index in [4.69, 9.17) is 0 Å². The number of aryl methyl sites for hydroxylation is 1. The van der Waals surface area contributed by atoms with E-state index in [0.29, 0.717) is 12.3 Å². The van der Waals surface area contributed by atoms with E-state index in [9.17, 15) is 4.79 Å². The molecule has 1 aromatic heterocycles. The molecule has 0 aliphatic carbocycles. The maximum atomic E-state index is 12.4. The molecule has 21 heavy (non-hydrogen) atoms. The van der Waals surface area contributed by atoms with Gasteiger partial charge in [0.2, 0.25) is 0 Å². The lowest BCUT2D eigenvalue weighted by Crippen LogP contribution is -2.29. The van der Waals surface area contributed by atoms with Gasteiger partial charge in [0.15, 0.2) is 5.71 Å². The third-order valence-corrected chi connectivity index (χ3v) is 4.40. The number of rotatable bonds is 3. The third kappa shape index (κ3) is 2.40. The summed E-state index contributed by atoms with van der Waals surface area (Å²) in [5.41, 5.74) is 3.34. The van der Waals surface area contributed by atoms with Crippen molar-refractivity contribution in [2.24, 2.45) is 10.2 Å². The number of amides is 1. The number of hydrogen-bond donors (Lipinski definition) is 0. The number of fused-ring (bicyclic) bond motifs is 1. The first-order valence-corrected chi connectivity index (χ1v) is 7.66. The van der Waals surface area contributed by atoms with E-state index >= 15 is 0 Å². The van der Waals surface area contributed by atoms with E-state index < -0.39 is 0 Å². The summed E-state index contributed by atoms with van der Waals surface area (Å²) in [7, 11) is 0. The van der Waals surface area contributed by atoms with Gasteiger partial charge in [-0.1, -0.05) is 18.2 Å². The number of thiophene rings is 1. The summed E-state index contributed by atoms with van der Waals surface area (Å²) in [5.74, 6) is -0.0845. The second-order valence-corrected chi connectivity index (χ2v) is 5.68. The molecular formula is C16H15N3OS. The summed E-state index contributed by atoms with van der Waals surface area (Å²) in [6, 6.07) is 9.72. The molecule has 106 valence electrons. The van der Waals surface area contributed by atoms with Crippen molar-refractivity contribution in [3.63, 3.8) is 0 Å². The molecule has 0 atom stereocenters. The second-order valence-electron chi connectivity index (χ2n) is 4.73. The summed E-state index contributed by atoms with van der Waals surface area (Å²) in [6.45, 7) is 4.61. The number of nitrogens with zero attached hydrogens (tertiary/aromatic N) is 3. The molecule has 0 spiro atoms. The Morgan fingerprint density at radius 3 is 2.81 bits per heavy atom. The minimum absolute atomic E-state index is 0.0845. The van der Waals surface area contributed by atoms with Crippen molar-refractivity contribution in [3.05, 3.63) is 51.7 Å². The first-order valence-electron chi connectivity index (χ1n) is 6.78. The van der Waals surface area contributed by atoms with Gasteiger partial charge in [-0.3, -0.25) is 4.79 Å². The predicted octanol–water partition coefficient (Wildman–Crippen LogP) is 3.25. The predicted molar refractivity (Wildman–Crippen MR) is 87.7 cm³/mol. The fourth-order valence-corrected chi connectivity index (χ4v) is 3.11. The molecular weight excluding hydrogens is 282 g/mol. The van der Waals surface area contributed by atoms with E-state index in [-0.39, 0.29) is 5.91 Å². The van der Waals surface area contributed by atoms with Crippen LogP contribution >= 0.6 is 11.3 Å². The van der Waals surface area contributed by atoms with Crippen molar-refractivity contribution in [1.29, 1.82) is 0 Å². The Morgan fingerprint density at radius 1 is 1.29 bits per heavy atom. The van der Waals surface area contributed by atoms with Gasteiger partial charge in [0.05, 0.1) is 16.8 Å². The number of benzene rings is 1. The standard InChI is InChI=1S/C16H15N3OS/c1-3-19-13-7-5-4-6-12(13)15(16(19)20)18-17-10-14-11(2)8-9-21-14/h4-10H,3H2,1-2H3/b17-10-,18-15+. The van der Waals surface area contributed by atoms with Gasteiger partial charge in [-0.2, -0.15) is 5.10 Å². The lowest BCUT2D eigenvalue weighted by molar-refractivity contribution is -0.112. The Labute approximate surface area is 127 Å². The molecule has 5 heteroatoms. The van der Waals surface area contributed by atoms with Crippen molar-refractivity contribution in [2.75, 3.05) is 11.4 Å². The average Bonchev–Trinajstić information content (AvgIpc) is 3.01. The van der Waals surface area contributed by atoms with Crippen molar-refractivity contribution >= 4 is 34.9 Å². The Morgan fingerprint density at radius 2 is 2.10 bits per heavy atom. The van der Waals surface area contributed by atoms with Crippen LogP contribution < -0.4 is 4.90 Å². The van der Waals surface area contributed by atoms with E-state index in [0.717, 1.165) is 21.7 Å². The van der Waals surface area contributed by atoms with Crippen LogP contribution in [0.25, 0.3) is 0 Å². The topological polar surface area (TPSA) is 45.0 Å². The van der Waals surface area contributed by atoms with Crippen LogP contribution in [-0.2, 0) is 4.79 Å². The summed E-state index contributed by atoms with van der Waals surface area (Å²) >= 11 is 1.61. The Hall–Kier alpha value is -2.27. The van der Waals surface area contributed by atoms with Crippen LogP contribution in [0.3, 0.4) is 0 Å². The summed E-state index contributed by atoms with van der Waals surface area (Å²) in [5, 5.41) is 10.3. The number of carbonyl (C=O) groups excluding carboxylic acids is 1. The summed E-state index contributed by atoms with van der Waals surface area (Å²) in [6.07, 6.45) is 1.71.